The Morgan fingerprint density at radius 3 is 2.35 bits per heavy atom. The molecule has 0 bridgehead atoms. The van der Waals surface area contributed by atoms with Crippen molar-refractivity contribution >= 4 is 11.3 Å². The second-order valence-corrected chi connectivity index (χ2v) is 6.24. The molecule has 2 unspecified atom stereocenters. The number of hydrogen-bond donors (Lipinski definition) is 1. The highest BCUT2D eigenvalue weighted by Crippen LogP contribution is 2.19. The molecule has 2 rings (SSSR count). The molecule has 108 valence electrons. The van der Waals surface area contributed by atoms with Crippen molar-refractivity contribution in [2.75, 3.05) is 0 Å². The Morgan fingerprint density at radius 2 is 1.80 bits per heavy atom. The van der Waals surface area contributed by atoms with E-state index in [0.29, 0.717) is 12.1 Å². The van der Waals surface area contributed by atoms with Gasteiger partial charge in [0.05, 0.1) is 0 Å². The number of thiophene rings is 1. The van der Waals surface area contributed by atoms with Crippen LogP contribution in [0.3, 0.4) is 0 Å². The van der Waals surface area contributed by atoms with Crippen LogP contribution in [0.2, 0.25) is 0 Å². The maximum atomic E-state index is 3.76. The topological polar surface area (TPSA) is 12.0 Å². The fourth-order valence-electron chi connectivity index (χ4n) is 2.60. The largest absolute Gasteiger partial charge is 0.307 e. The Hall–Kier alpha value is -1.12. The smallest absolute Gasteiger partial charge is 0.0320 e. The summed E-state index contributed by atoms with van der Waals surface area (Å²) in [5, 5.41) is 8.16. The molecule has 0 aliphatic heterocycles. The van der Waals surface area contributed by atoms with Crippen molar-refractivity contribution < 1.29 is 0 Å². The van der Waals surface area contributed by atoms with Gasteiger partial charge >= 0.3 is 0 Å². The van der Waals surface area contributed by atoms with Gasteiger partial charge in [-0.3, -0.25) is 0 Å². The molecule has 0 saturated heterocycles. The van der Waals surface area contributed by atoms with Gasteiger partial charge in [0.15, 0.2) is 0 Å². The summed E-state index contributed by atoms with van der Waals surface area (Å²) in [7, 11) is 0. The minimum atomic E-state index is 0.453. The zero-order valence-corrected chi connectivity index (χ0v) is 13.5. The van der Waals surface area contributed by atoms with Crippen molar-refractivity contribution in [3.05, 3.63) is 57.8 Å². The number of benzene rings is 1. The van der Waals surface area contributed by atoms with Gasteiger partial charge < -0.3 is 5.32 Å². The normalized spacial score (nSPS) is 14.2. The van der Waals surface area contributed by atoms with E-state index in [-0.39, 0.29) is 0 Å². The molecule has 0 amide bonds. The predicted molar refractivity (Wildman–Crippen MR) is 89.5 cm³/mol. The Balaban J connectivity index is 1.96. The lowest BCUT2D eigenvalue weighted by atomic mass is 10.00. The summed E-state index contributed by atoms with van der Waals surface area (Å²) in [4.78, 5) is 0. The summed E-state index contributed by atoms with van der Waals surface area (Å²) in [6.45, 7) is 6.73. The Kier molecular flexibility index (Phi) is 5.81. The van der Waals surface area contributed by atoms with E-state index in [9.17, 15) is 0 Å². The molecule has 0 radical (unpaired) electrons. The van der Waals surface area contributed by atoms with Crippen LogP contribution in [0.5, 0.6) is 0 Å². The van der Waals surface area contributed by atoms with E-state index in [1.165, 1.54) is 16.7 Å². The molecule has 1 aromatic heterocycles. The van der Waals surface area contributed by atoms with Crippen molar-refractivity contribution in [1.29, 1.82) is 0 Å². The van der Waals surface area contributed by atoms with Crippen LogP contribution in [0.4, 0.5) is 0 Å². The van der Waals surface area contributed by atoms with E-state index in [2.05, 4.69) is 67.2 Å². The van der Waals surface area contributed by atoms with Gasteiger partial charge in [-0.2, -0.15) is 11.3 Å². The minimum absolute atomic E-state index is 0.453. The standard InChI is InChI=1S/C18H25NS/c1-4-15-6-8-17(9-7-15)18(5-2)19-14(3)12-16-10-11-20-13-16/h6-11,13-14,18-19H,4-5,12H2,1-3H3. The summed E-state index contributed by atoms with van der Waals surface area (Å²) in [6.07, 6.45) is 3.34. The van der Waals surface area contributed by atoms with E-state index < -0.39 is 0 Å². The van der Waals surface area contributed by atoms with Gasteiger partial charge in [0.25, 0.3) is 0 Å². The summed E-state index contributed by atoms with van der Waals surface area (Å²) >= 11 is 1.78. The van der Waals surface area contributed by atoms with Gasteiger partial charge in [0, 0.05) is 12.1 Å². The van der Waals surface area contributed by atoms with Crippen LogP contribution in [0.15, 0.2) is 41.1 Å². The first-order valence-electron chi connectivity index (χ1n) is 7.58. The van der Waals surface area contributed by atoms with Crippen LogP contribution in [0.1, 0.15) is 49.9 Å². The van der Waals surface area contributed by atoms with E-state index in [0.717, 1.165) is 19.3 Å². The van der Waals surface area contributed by atoms with Crippen molar-refractivity contribution in [2.45, 2.75) is 52.1 Å². The first kappa shape index (κ1) is 15.3. The van der Waals surface area contributed by atoms with Gasteiger partial charge in [-0.1, -0.05) is 38.1 Å². The fourth-order valence-corrected chi connectivity index (χ4v) is 3.28. The lowest BCUT2D eigenvalue weighted by Crippen LogP contribution is -2.31. The lowest BCUT2D eigenvalue weighted by molar-refractivity contribution is 0.444. The third kappa shape index (κ3) is 4.19. The molecule has 0 aliphatic carbocycles. The molecule has 2 aromatic rings. The zero-order valence-electron chi connectivity index (χ0n) is 12.7. The summed E-state index contributed by atoms with van der Waals surface area (Å²) in [5.74, 6) is 0. The SMILES string of the molecule is CCc1ccc(C(CC)NC(C)Cc2ccsc2)cc1. The fraction of sp³-hybridized carbons (Fsp3) is 0.444. The van der Waals surface area contributed by atoms with Gasteiger partial charge in [0.1, 0.15) is 0 Å². The maximum Gasteiger partial charge on any atom is 0.0320 e. The molecule has 1 nitrogen and oxygen atoms in total. The highest BCUT2D eigenvalue weighted by molar-refractivity contribution is 7.07. The molecule has 0 aliphatic rings. The molecular formula is C18H25NS. The van der Waals surface area contributed by atoms with Gasteiger partial charge in [-0.25, -0.2) is 0 Å². The first-order valence-corrected chi connectivity index (χ1v) is 8.53. The monoisotopic (exact) mass is 287 g/mol. The maximum absolute atomic E-state index is 3.76. The van der Waals surface area contributed by atoms with Crippen LogP contribution in [-0.2, 0) is 12.8 Å². The third-order valence-corrected chi connectivity index (χ3v) is 4.54. The van der Waals surface area contributed by atoms with Crippen LogP contribution >= 0.6 is 11.3 Å². The quantitative estimate of drug-likeness (QED) is 0.757. The van der Waals surface area contributed by atoms with Gasteiger partial charge in [-0.05, 0) is 59.7 Å². The lowest BCUT2D eigenvalue weighted by Gasteiger charge is -2.23. The summed E-state index contributed by atoms with van der Waals surface area (Å²) in [5.41, 5.74) is 4.25. The second-order valence-electron chi connectivity index (χ2n) is 5.46. The number of nitrogens with one attached hydrogen (secondary N) is 1. The van der Waals surface area contributed by atoms with E-state index in [1.807, 2.05) is 0 Å². The van der Waals surface area contributed by atoms with E-state index in [1.54, 1.807) is 11.3 Å². The second kappa shape index (κ2) is 7.61. The first-order chi connectivity index (χ1) is 9.72. The Labute approximate surface area is 127 Å². The molecule has 0 fully saturated rings. The number of aryl methyl sites for hydroxylation is 1. The van der Waals surface area contributed by atoms with Crippen molar-refractivity contribution in [2.24, 2.45) is 0 Å². The van der Waals surface area contributed by atoms with E-state index >= 15 is 0 Å². The van der Waals surface area contributed by atoms with Crippen LogP contribution in [-0.4, -0.2) is 6.04 Å². The molecule has 20 heavy (non-hydrogen) atoms. The molecule has 0 spiro atoms. The predicted octanol–water partition coefficient (Wildman–Crippen LogP) is 4.98. The van der Waals surface area contributed by atoms with E-state index in [4.69, 9.17) is 0 Å². The minimum Gasteiger partial charge on any atom is -0.307 e. The van der Waals surface area contributed by atoms with Crippen LogP contribution < -0.4 is 5.32 Å². The molecule has 0 saturated carbocycles. The molecule has 2 heteroatoms. The highest BCUT2D eigenvalue weighted by Gasteiger charge is 2.13. The van der Waals surface area contributed by atoms with Gasteiger partial charge in [0.2, 0.25) is 0 Å². The van der Waals surface area contributed by atoms with Crippen molar-refractivity contribution in [3.63, 3.8) is 0 Å². The number of hydrogen-bond acceptors (Lipinski definition) is 2. The zero-order chi connectivity index (χ0) is 14.4. The Morgan fingerprint density at radius 1 is 1.05 bits per heavy atom. The summed E-state index contributed by atoms with van der Waals surface area (Å²) < 4.78 is 0. The number of rotatable bonds is 7. The summed E-state index contributed by atoms with van der Waals surface area (Å²) in [6, 6.07) is 12.2. The highest BCUT2D eigenvalue weighted by atomic mass is 32.1. The Bertz CT molecular complexity index is 487. The molecule has 2 atom stereocenters. The molecule has 1 heterocycles. The molecule has 1 N–H and O–H groups in total. The van der Waals surface area contributed by atoms with Crippen molar-refractivity contribution in [3.8, 4) is 0 Å². The third-order valence-electron chi connectivity index (χ3n) is 3.81. The average molecular weight is 287 g/mol. The molecular weight excluding hydrogens is 262 g/mol. The van der Waals surface area contributed by atoms with Crippen LogP contribution in [0.25, 0.3) is 0 Å². The van der Waals surface area contributed by atoms with Crippen molar-refractivity contribution in [1.82, 2.24) is 5.32 Å². The van der Waals surface area contributed by atoms with Crippen LogP contribution in [0, 0.1) is 0 Å². The average Bonchev–Trinajstić information content (AvgIpc) is 2.97. The van der Waals surface area contributed by atoms with Gasteiger partial charge in [-0.15, -0.1) is 0 Å². The molecule has 1 aromatic carbocycles.